The van der Waals surface area contributed by atoms with E-state index in [4.69, 9.17) is 0 Å². The molecule has 1 aliphatic rings. The van der Waals surface area contributed by atoms with Crippen molar-refractivity contribution < 1.29 is 17.6 Å². The normalized spacial score (nSPS) is 19.4. The molecule has 0 bridgehead atoms. The van der Waals surface area contributed by atoms with Gasteiger partial charge in [-0.05, 0) is 74.0 Å². The highest BCUT2D eigenvalue weighted by Crippen LogP contribution is 2.18. The number of halogens is 2. The molecule has 28 heavy (non-hydrogen) atoms. The van der Waals surface area contributed by atoms with Gasteiger partial charge in [-0.25, -0.2) is 12.8 Å². The van der Waals surface area contributed by atoms with E-state index in [1.54, 1.807) is 12.1 Å². The Hall–Kier alpha value is -2.16. The summed E-state index contributed by atoms with van der Waals surface area (Å²) >= 11 is 0. The predicted octanol–water partition coefficient (Wildman–Crippen LogP) is 2.78. The molecule has 0 aromatic heterocycles. The predicted molar refractivity (Wildman–Crippen MR) is 109 cm³/mol. The molecule has 2 unspecified atom stereocenters. The Kier molecular flexibility index (Phi) is 7.40. The van der Waals surface area contributed by atoms with Crippen LogP contribution in [-0.4, -0.2) is 33.5 Å². The van der Waals surface area contributed by atoms with E-state index in [1.807, 2.05) is 0 Å². The van der Waals surface area contributed by atoms with Gasteiger partial charge in [-0.3, -0.25) is 9.52 Å². The standard InChI is InChI=1S/C19H22FN3O3S.ClH/c1-13-12-21-11-10-18(13)22-19(24)14-2-6-16(7-3-14)23-27(25,26)17-8-4-15(20)5-9-17;/h2-9,13,18,21,23H,10-12H2,1H3,(H,22,24);1H. The van der Waals surface area contributed by atoms with Crippen LogP contribution < -0.4 is 15.4 Å². The Morgan fingerprint density at radius 3 is 2.36 bits per heavy atom. The Morgan fingerprint density at radius 1 is 1.11 bits per heavy atom. The summed E-state index contributed by atoms with van der Waals surface area (Å²) in [6.07, 6.45) is 0.877. The van der Waals surface area contributed by atoms with Crippen LogP contribution >= 0.6 is 12.4 Å². The van der Waals surface area contributed by atoms with Crippen molar-refractivity contribution in [2.45, 2.75) is 24.3 Å². The first-order valence-corrected chi connectivity index (χ1v) is 10.2. The van der Waals surface area contributed by atoms with Crippen molar-refractivity contribution in [1.82, 2.24) is 10.6 Å². The van der Waals surface area contributed by atoms with Crippen LogP contribution in [0.3, 0.4) is 0 Å². The number of anilines is 1. The second kappa shape index (κ2) is 9.36. The van der Waals surface area contributed by atoms with Crippen molar-refractivity contribution in [2.75, 3.05) is 17.8 Å². The summed E-state index contributed by atoms with van der Waals surface area (Å²) in [5, 5.41) is 6.32. The molecule has 2 atom stereocenters. The third-order valence-electron chi connectivity index (χ3n) is 4.63. The van der Waals surface area contributed by atoms with Crippen LogP contribution in [-0.2, 0) is 10.0 Å². The summed E-state index contributed by atoms with van der Waals surface area (Å²) < 4.78 is 40.0. The van der Waals surface area contributed by atoms with Crippen molar-refractivity contribution in [3.05, 3.63) is 59.9 Å². The van der Waals surface area contributed by atoms with Crippen LogP contribution in [0, 0.1) is 11.7 Å². The van der Waals surface area contributed by atoms with Crippen LogP contribution in [0.15, 0.2) is 53.4 Å². The molecule has 1 saturated heterocycles. The Bertz CT molecular complexity index is 905. The first-order chi connectivity index (χ1) is 12.8. The topological polar surface area (TPSA) is 87.3 Å². The minimum absolute atomic E-state index is 0. The number of amides is 1. The quantitative estimate of drug-likeness (QED) is 0.684. The first kappa shape index (κ1) is 22.1. The molecule has 0 radical (unpaired) electrons. The van der Waals surface area contributed by atoms with Gasteiger partial charge in [-0.15, -0.1) is 12.4 Å². The lowest BCUT2D eigenvalue weighted by Crippen LogP contribution is -2.48. The van der Waals surface area contributed by atoms with Crippen LogP contribution in [0.2, 0.25) is 0 Å². The van der Waals surface area contributed by atoms with Gasteiger partial charge in [0.05, 0.1) is 4.90 Å². The smallest absolute Gasteiger partial charge is 0.261 e. The number of benzene rings is 2. The summed E-state index contributed by atoms with van der Waals surface area (Å²) in [4.78, 5) is 12.4. The molecule has 0 spiro atoms. The van der Waals surface area contributed by atoms with Crippen LogP contribution in [0.4, 0.5) is 10.1 Å². The zero-order chi connectivity index (χ0) is 19.4. The molecule has 9 heteroatoms. The minimum Gasteiger partial charge on any atom is -0.349 e. The number of rotatable bonds is 5. The molecular formula is C19H23ClFN3O3S. The number of nitrogens with one attached hydrogen (secondary N) is 3. The van der Waals surface area contributed by atoms with E-state index in [9.17, 15) is 17.6 Å². The summed E-state index contributed by atoms with van der Waals surface area (Å²) in [7, 11) is -3.82. The number of carbonyl (C=O) groups is 1. The van der Waals surface area contributed by atoms with E-state index in [0.717, 1.165) is 31.6 Å². The third kappa shape index (κ3) is 5.43. The average Bonchev–Trinajstić information content (AvgIpc) is 2.64. The van der Waals surface area contributed by atoms with Crippen molar-refractivity contribution >= 4 is 34.0 Å². The maximum Gasteiger partial charge on any atom is 0.261 e. The Morgan fingerprint density at radius 2 is 1.75 bits per heavy atom. The van der Waals surface area contributed by atoms with Gasteiger partial charge in [0.15, 0.2) is 0 Å². The first-order valence-electron chi connectivity index (χ1n) is 8.75. The van der Waals surface area contributed by atoms with E-state index in [1.165, 1.54) is 24.3 Å². The summed E-state index contributed by atoms with van der Waals surface area (Å²) in [6.45, 7) is 3.83. The number of hydrogen-bond acceptors (Lipinski definition) is 4. The monoisotopic (exact) mass is 427 g/mol. The second-order valence-electron chi connectivity index (χ2n) is 6.69. The highest BCUT2D eigenvalue weighted by molar-refractivity contribution is 7.92. The van der Waals surface area contributed by atoms with E-state index in [2.05, 4.69) is 22.3 Å². The lowest BCUT2D eigenvalue weighted by molar-refractivity contribution is 0.0914. The van der Waals surface area contributed by atoms with E-state index in [0.29, 0.717) is 17.2 Å². The van der Waals surface area contributed by atoms with E-state index >= 15 is 0 Å². The highest BCUT2D eigenvalue weighted by Gasteiger charge is 2.23. The van der Waals surface area contributed by atoms with Crippen LogP contribution in [0.5, 0.6) is 0 Å². The van der Waals surface area contributed by atoms with Crippen molar-refractivity contribution in [1.29, 1.82) is 0 Å². The third-order valence-corrected chi connectivity index (χ3v) is 6.02. The maximum absolute atomic E-state index is 13.0. The van der Waals surface area contributed by atoms with Crippen LogP contribution in [0.1, 0.15) is 23.7 Å². The van der Waals surface area contributed by atoms with Gasteiger partial charge in [0.2, 0.25) is 0 Å². The number of sulfonamides is 1. The summed E-state index contributed by atoms with van der Waals surface area (Å²) in [6, 6.07) is 10.9. The van der Waals surface area contributed by atoms with E-state index < -0.39 is 15.8 Å². The van der Waals surface area contributed by atoms with Gasteiger partial charge in [-0.1, -0.05) is 6.92 Å². The van der Waals surface area contributed by atoms with Crippen molar-refractivity contribution in [2.24, 2.45) is 5.92 Å². The fourth-order valence-electron chi connectivity index (χ4n) is 3.00. The molecule has 3 N–H and O–H groups in total. The lowest BCUT2D eigenvalue weighted by Gasteiger charge is -2.30. The van der Waals surface area contributed by atoms with Crippen molar-refractivity contribution in [3.63, 3.8) is 0 Å². The molecule has 3 rings (SSSR count). The van der Waals surface area contributed by atoms with Crippen LogP contribution in [0.25, 0.3) is 0 Å². The fraction of sp³-hybridized carbons (Fsp3) is 0.316. The highest BCUT2D eigenvalue weighted by atomic mass is 35.5. The minimum atomic E-state index is -3.82. The molecule has 0 saturated carbocycles. The number of carbonyl (C=O) groups excluding carboxylic acids is 1. The lowest BCUT2D eigenvalue weighted by atomic mass is 9.95. The van der Waals surface area contributed by atoms with Gasteiger partial charge in [0.25, 0.3) is 15.9 Å². The van der Waals surface area contributed by atoms with Gasteiger partial charge in [-0.2, -0.15) is 0 Å². The molecule has 2 aromatic carbocycles. The van der Waals surface area contributed by atoms with Gasteiger partial charge in [0.1, 0.15) is 5.82 Å². The van der Waals surface area contributed by atoms with Gasteiger partial charge in [0, 0.05) is 17.3 Å². The SMILES string of the molecule is CC1CNCCC1NC(=O)c1ccc(NS(=O)(=O)c2ccc(F)cc2)cc1.Cl. The summed E-state index contributed by atoms with van der Waals surface area (Å²) in [5.41, 5.74) is 0.788. The molecule has 1 heterocycles. The average molecular weight is 428 g/mol. The van der Waals surface area contributed by atoms with Gasteiger partial charge < -0.3 is 10.6 Å². The zero-order valence-electron chi connectivity index (χ0n) is 15.3. The number of hydrogen-bond donors (Lipinski definition) is 3. The summed E-state index contributed by atoms with van der Waals surface area (Å²) in [5.74, 6) is -0.335. The maximum atomic E-state index is 13.0. The molecule has 152 valence electrons. The molecular weight excluding hydrogens is 405 g/mol. The molecule has 2 aromatic rings. The number of piperidine rings is 1. The zero-order valence-corrected chi connectivity index (χ0v) is 16.9. The van der Waals surface area contributed by atoms with Gasteiger partial charge >= 0.3 is 0 Å². The van der Waals surface area contributed by atoms with E-state index in [-0.39, 0.29) is 29.3 Å². The Balaban J connectivity index is 0.00000280. The molecule has 1 fully saturated rings. The second-order valence-corrected chi connectivity index (χ2v) is 8.37. The Labute approximate surface area is 170 Å². The molecule has 6 nitrogen and oxygen atoms in total. The largest absolute Gasteiger partial charge is 0.349 e. The molecule has 1 amide bonds. The van der Waals surface area contributed by atoms with Crippen molar-refractivity contribution in [3.8, 4) is 0 Å². The molecule has 0 aliphatic carbocycles. The molecule has 1 aliphatic heterocycles. The fourth-order valence-corrected chi connectivity index (χ4v) is 4.06.